The number of hydrogen-bond donors (Lipinski definition) is 0. The van der Waals surface area contributed by atoms with Gasteiger partial charge in [-0.15, -0.1) is 4.52 Å². The van der Waals surface area contributed by atoms with Crippen LogP contribution in [0, 0.1) is 5.41 Å². The van der Waals surface area contributed by atoms with E-state index in [0.717, 1.165) is 0 Å². The Labute approximate surface area is 91.4 Å². The molecule has 82 valence electrons. The molecule has 3 nitrogen and oxygen atoms in total. The Hall–Kier alpha value is -0.920. The summed E-state index contributed by atoms with van der Waals surface area (Å²) in [6.07, 6.45) is 0. The Morgan fingerprint density at radius 3 is 2.33 bits per heavy atom. The number of rotatable bonds is 4. The van der Waals surface area contributed by atoms with Gasteiger partial charge in [-0.25, -0.2) is 4.52 Å². The van der Waals surface area contributed by atoms with Gasteiger partial charge in [0, 0.05) is 4.57 Å². The minimum absolute atomic E-state index is 0.00889. The van der Waals surface area contributed by atoms with Gasteiger partial charge in [0.15, 0.2) is 5.75 Å². The molecule has 0 fully saturated rings. The van der Waals surface area contributed by atoms with E-state index in [2.05, 4.69) is 0 Å². The van der Waals surface area contributed by atoms with Crippen molar-refractivity contribution >= 4 is 8.25 Å². The molecule has 0 saturated heterocycles. The molecule has 1 aromatic rings. The van der Waals surface area contributed by atoms with Crippen LogP contribution >= 0.6 is 8.25 Å². The van der Waals surface area contributed by atoms with Crippen molar-refractivity contribution in [3.05, 3.63) is 30.3 Å². The van der Waals surface area contributed by atoms with Crippen LogP contribution in [-0.4, -0.2) is 6.61 Å². The van der Waals surface area contributed by atoms with E-state index in [9.17, 15) is 4.57 Å². The fraction of sp³-hybridized carbons (Fsp3) is 0.455. The zero-order valence-corrected chi connectivity index (χ0v) is 10.2. The maximum absolute atomic E-state index is 11.4. The van der Waals surface area contributed by atoms with Crippen LogP contribution in [0.4, 0.5) is 0 Å². The third-order valence-corrected chi connectivity index (χ3v) is 2.23. The summed E-state index contributed by atoms with van der Waals surface area (Å²) in [7, 11) is -2.07. The molecule has 0 aliphatic carbocycles. The third-order valence-electron chi connectivity index (χ3n) is 1.53. The van der Waals surface area contributed by atoms with E-state index in [1.807, 2.05) is 39.0 Å². The van der Waals surface area contributed by atoms with Crippen molar-refractivity contribution in [2.24, 2.45) is 5.41 Å². The molecule has 0 aliphatic heterocycles. The van der Waals surface area contributed by atoms with E-state index >= 15 is 0 Å². The molecule has 15 heavy (non-hydrogen) atoms. The second kappa shape index (κ2) is 5.24. The maximum Gasteiger partial charge on any atom is 0.750 e. The zero-order valence-electron chi connectivity index (χ0n) is 9.27. The molecule has 0 N–H and O–H groups in total. The lowest BCUT2D eigenvalue weighted by atomic mass is 9.99. The van der Waals surface area contributed by atoms with Gasteiger partial charge in [0.1, 0.15) is 6.61 Å². The lowest BCUT2D eigenvalue weighted by Crippen LogP contribution is -2.12. The lowest BCUT2D eigenvalue weighted by Gasteiger charge is -2.12. The summed E-state index contributed by atoms with van der Waals surface area (Å²) in [5, 5.41) is 0. The summed E-state index contributed by atoms with van der Waals surface area (Å²) in [4.78, 5) is 0. The number of para-hydroxylation sites is 1. The average molecular weight is 227 g/mol. The monoisotopic (exact) mass is 227 g/mol. The van der Waals surface area contributed by atoms with E-state index < -0.39 is 8.25 Å². The van der Waals surface area contributed by atoms with Crippen molar-refractivity contribution in [1.82, 2.24) is 0 Å². The van der Waals surface area contributed by atoms with Crippen LogP contribution in [0.2, 0.25) is 0 Å². The van der Waals surface area contributed by atoms with Gasteiger partial charge in [0.25, 0.3) is 0 Å². The first-order valence-electron chi connectivity index (χ1n) is 4.80. The normalized spacial score (nSPS) is 12.3. The lowest BCUT2D eigenvalue weighted by molar-refractivity contribution is 0.189. The van der Waals surface area contributed by atoms with E-state index in [1.165, 1.54) is 0 Å². The Kier molecular flexibility index (Phi) is 4.25. The SMILES string of the molecule is CC(C)(C)CO[P+](=O)Oc1ccccc1. The Morgan fingerprint density at radius 1 is 1.20 bits per heavy atom. The minimum Gasteiger partial charge on any atom is -0.229 e. The molecule has 0 saturated carbocycles. The Balaban J connectivity index is 2.38. The van der Waals surface area contributed by atoms with Crippen LogP contribution in [-0.2, 0) is 9.09 Å². The first-order valence-corrected chi connectivity index (χ1v) is 5.90. The van der Waals surface area contributed by atoms with E-state index in [4.69, 9.17) is 9.05 Å². The van der Waals surface area contributed by atoms with Crippen molar-refractivity contribution in [1.29, 1.82) is 0 Å². The fourth-order valence-electron chi connectivity index (χ4n) is 0.840. The van der Waals surface area contributed by atoms with Crippen LogP contribution in [0.15, 0.2) is 30.3 Å². The summed E-state index contributed by atoms with van der Waals surface area (Å²) >= 11 is 0. The van der Waals surface area contributed by atoms with Gasteiger partial charge in [-0.3, -0.25) is 0 Å². The molecular formula is C11H16O3P+. The molecule has 1 aromatic carbocycles. The van der Waals surface area contributed by atoms with E-state index in [1.54, 1.807) is 12.1 Å². The predicted molar refractivity (Wildman–Crippen MR) is 60.1 cm³/mol. The smallest absolute Gasteiger partial charge is 0.229 e. The molecule has 0 bridgehead atoms. The van der Waals surface area contributed by atoms with Crippen molar-refractivity contribution in [3.8, 4) is 5.75 Å². The second-order valence-electron chi connectivity index (χ2n) is 4.46. The average Bonchev–Trinajstić information content (AvgIpc) is 2.15. The topological polar surface area (TPSA) is 35.5 Å². The summed E-state index contributed by atoms with van der Waals surface area (Å²) < 4.78 is 21.6. The Morgan fingerprint density at radius 2 is 1.80 bits per heavy atom. The van der Waals surface area contributed by atoms with Crippen LogP contribution in [0.1, 0.15) is 20.8 Å². The largest absolute Gasteiger partial charge is 0.750 e. The Bertz CT molecular complexity index is 316. The highest BCUT2D eigenvalue weighted by Crippen LogP contribution is 2.30. The summed E-state index contributed by atoms with van der Waals surface area (Å²) in [6, 6.07) is 9.00. The highest BCUT2D eigenvalue weighted by atomic mass is 31.1. The second-order valence-corrected chi connectivity index (χ2v) is 5.35. The van der Waals surface area contributed by atoms with Crippen LogP contribution in [0.3, 0.4) is 0 Å². The first-order chi connectivity index (χ1) is 6.97. The van der Waals surface area contributed by atoms with Crippen molar-refractivity contribution in [2.75, 3.05) is 6.61 Å². The van der Waals surface area contributed by atoms with Gasteiger partial charge in [-0.05, 0) is 17.5 Å². The zero-order chi connectivity index (χ0) is 11.3. The van der Waals surface area contributed by atoms with E-state index in [0.29, 0.717) is 12.4 Å². The molecule has 1 atom stereocenters. The molecule has 0 heterocycles. The van der Waals surface area contributed by atoms with Crippen LogP contribution in [0.25, 0.3) is 0 Å². The maximum atomic E-state index is 11.4. The molecule has 1 rings (SSSR count). The van der Waals surface area contributed by atoms with Crippen LogP contribution < -0.4 is 4.52 Å². The summed E-state index contributed by atoms with van der Waals surface area (Å²) in [5.74, 6) is 0.563. The summed E-state index contributed by atoms with van der Waals surface area (Å²) in [5.41, 5.74) is -0.00889. The molecule has 0 aliphatic rings. The van der Waals surface area contributed by atoms with Gasteiger partial charge in [-0.2, -0.15) is 0 Å². The quantitative estimate of drug-likeness (QED) is 0.734. The van der Waals surface area contributed by atoms with Crippen molar-refractivity contribution in [2.45, 2.75) is 20.8 Å². The molecule has 0 spiro atoms. The van der Waals surface area contributed by atoms with Crippen molar-refractivity contribution < 1.29 is 13.6 Å². The van der Waals surface area contributed by atoms with E-state index in [-0.39, 0.29) is 5.41 Å². The summed E-state index contributed by atoms with van der Waals surface area (Å²) in [6.45, 7) is 6.45. The van der Waals surface area contributed by atoms with Gasteiger partial charge in [-0.1, -0.05) is 39.0 Å². The fourth-order valence-corrected chi connectivity index (χ4v) is 1.68. The molecule has 0 amide bonds. The molecule has 1 unspecified atom stereocenters. The number of benzene rings is 1. The van der Waals surface area contributed by atoms with Crippen molar-refractivity contribution in [3.63, 3.8) is 0 Å². The standard InChI is InChI=1S/C11H16O3P/c1-11(2,3)9-13-15(12)14-10-7-5-4-6-8-10/h4-8H,9H2,1-3H3/q+1. The molecule has 4 heteroatoms. The molecule has 0 radical (unpaired) electrons. The third kappa shape index (κ3) is 5.50. The molecular weight excluding hydrogens is 211 g/mol. The minimum atomic E-state index is -2.07. The highest BCUT2D eigenvalue weighted by molar-refractivity contribution is 7.33. The highest BCUT2D eigenvalue weighted by Gasteiger charge is 2.25. The molecule has 0 aromatic heterocycles. The van der Waals surface area contributed by atoms with Crippen LogP contribution in [0.5, 0.6) is 5.75 Å². The van der Waals surface area contributed by atoms with Gasteiger partial charge < -0.3 is 0 Å². The van der Waals surface area contributed by atoms with Gasteiger partial charge in [0.2, 0.25) is 0 Å². The van der Waals surface area contributed by atoms with Gasteiger partial charge in [0.05, 0.1) is 0 Å². The number of hydrogen-bond acceptors (Lipinski definition) is 3. The predicted octanol–water partition coefficient (Wildman–Crippen LogP) is 3.79. The van der Waals surface area contributed by atoms with Gasteiger partial charge >= 0.3 is 8.25 Å². The first kappa shape index (κ1) is 12.2.